The van der Waals surface area contributed by atoms with Crippen molar-refractivity contribution in [1.82, 2.24) is 0 Å². The van der Waals surface area contributed by atoms with E-state index < -0.39 is 17.9 Å². The lowest BCUT2D eigenvalue weighted by Crippen LogP contribution is -2.22. The van der Waals surface area contributed by atoms with Crippen LogP contribution >= 0.6 is 15.9 Å². The Labute approximate surface area is 209 Å². The Morgan fingerprint density at radius 3 is 2.37 bits per heavy atom. The second-order valence-electron chi connectivity index (χ2n) is 7.34. The summed E-state index contributed by atoms with van der Waals surface area (Å²) in [5.74, 6) is 1.21. The molecule has 35 heavy (non-hydrogen) atoms. The van der Waals surface area contributed by atoms with E-state index in [4.69, 9.17) is 23.4 Å². The fourth-order valence-corrected chi connectivity index (χ4v) is 4.11. The SMILES string of the molecule is COc1ccc(NC(=O)COc2c(-c3cc(Br)c(OC)c(OC)c3)oc3ccccc3c2=O)cc1. The highest BCUT2D eigenvalue weighted by molar-refractivity contribution is 9.10. The van der Waals surface area contributed by atoms with E-state index in [1.54, 1.807) is 67.8 Å². The van der Waals surface area contributed by atoms with Crippen LogP contribution in [0.1, 0.15) is 0 Å². The van der Waals surface area contributed by atoms with E-state index in [-0.39, 0.29) is 11.5 Å². The molecule has 1 heterocycles. The van der Waals surface area contributed by atoms with Gasteiger partial charge in [-0.25, -0.2) is 0 Å². The fraction of sp³-hybridized carbons (Fsp3) is 0.154. The van der Waals surface area contributed by atoms with Gasteiger partial charge in [0.05, 0.1) is 31.2 Å². The molecule has 1 N–H and O–H groups in total. The van der Waals surface area contributed by atoms with Crippen molar-refractivity contribution in [3.05, 3.63) is 75.4 Å². The molecular weight excluding hydrogens is 518 g/mol. The number of hydrogen-bond acceptors (Lipinski definition) is 7. The van der Waals surface area contributed by atoms with Gasteiger partial charge in [-0.15, -0.1) is 0 Å². The maximum atomic E-state index is 13.3. The van der Waals surface area contributed by atoms with Gasteiger partial charge >= 0.3 is 0 Å². The first-order chi connectivity index (χ1) is 16.9. The summed E-state index contributed by atoms with van der Waals surface area (Å²) >= 11 is 3.46. The zero-order chi connectivity index (χ0) is 24.9. The maximum Gasteiger partial charge on any atom is 0.262 e. The van der Waals surface area contributed by atoms with E-state index in [1.807, 2.05) is 0 Å². The summed E-state index contributed by atoms with van der Waals surface area (Å²) in [6.07, 6.45) is 0. The van der Waals surface area contributed by atoms with Gasteiger partial charge in [0.1, 0.15) is 11.3 Å². The highest BCUT2D eigenvalue weighted by Gasteiger charge is 2.21. The van der Waals surface area contributed by atoms with Crippen LogP contribution in [0.3, 0.4) is 0 Å². The van der Waals surface area contributed by atoms with Crippen LogP contribution in [0.15, 0.2) is 74.3 Å². The van der Waals surface area contributed by atoms with Crippen LogP contribution in [0.2, 0.25) is 0 Å². The molecular formula is C26H22BrNO7. The van der Waals surface area contributed by atoms with Gasteiger partial charge in [0.15, 0.2) is 23.9 Å². The van der Waals surface area contributed by atoms with Gasteiger partial charge in [0.2, 0.25) is 11.2 Å². The van der Waals surface area contributed by atoms with Crippen molar-refractivity contribution < 1.29 is 28.2 Å². The Kier molecular flexibility index (Phi) is 7.26. The first-order valence-corrected chi connectivity index (χ1v) is 11.3. The molecule has 0 bridgehead atoms. The minimum Gasteiger partial charge on any atom is -0.497 e. The van der Waals surface area contributed by atoms with Crippen molar-refractivity contribution in [3.63, 3.8) is 0 Å². The lowest BCUT2D eigenvalue weighted by atomic mass is 10.1. The number of anilines is 1. The zero-order valence-corrected chi connectivity index (χ0v) is 20.8. The van der Waals surface area contributed by atoms with Gasteiger partial charge in [-0.05, 0) is 64.5 Å². The standard InChI is InChI=1S/C26H22BrNO7/c1-31-17-10-8-16(9-11-17)28-22(29)14-34-26-23(30)18-6-4-5-7-20(18)35-24(26)15-12-19(27)25(33-3)21(13-15)32-2/h4-13H,14H2,1-3H3,(H,28,29). The van der Waals surface area contributed by atoms with Crippen LogP contribution < -0.4 is 29.7 Å². The number of amides is 1. The van der Waals surface area contributed by atoms with Crippen LogP contribution in [-0.2, 0) is 4.79 Å². The molecule has 3 aromatic carbocycles. The van der Waals surface area contributed by atoms with Crippen molar-refractivity contribution in [1.29, 1.82) is 0 Å². The summed E-state index contributed by atoms with van der Waals surface area (Å²) < 4.78 is 28.3. The normalized spacial score (nSPS) is 10.6. The average molecular weight is 540 g/mol. The topological polar surface area (TPSA) is 96.2 Å². The zero-order valence-electron chi connectivity index (χ0n) is 19.2. The maximum absolute atomic E-state index is 13.3. The Hall–Kier alpha value is -3.98. The number of methoxy groups -OCH3 is 3. The Bertz CT molecular complexity index is 1430. The van der Waals surface area contributed by atoms with E-state index in [2.05, 4.69) is 21.2 Å². The molecule has 9 heteroatoms. The molecule has 8 nitrogen and oxygen atoms in total. The van der Waals surface area contributed by atoms with Crippen LogP contribution in [0.25, 0.3) is 22.3 Å². The third kappa shape index (κ3) is 5.09. The number of carbonyl (C=O) groups is 1. The number of halogens is 1. The molecule has 0 aliphatic carbocycles. The molecule has 4 aromatic rings. The molecule has 0 aliphatic heterocycles. The van der Waals surface area contributed by atoms with Gasteiger partial charge in [-0.1, -0.05) is 12.1 Å². The number of hydrogen-bond donors (Lipinski definition) is 1. The summed E-state index contributed by atoms with van der Waals surface area (Å²) in [6, 6.07) is 17.1. The highest BCUT2D eigenvalue weighted by atomic mass is 79.9. The number of nitrogens with one attached hydrogen (secondary N) is 1. The largest absolute Gasteiger partial charge is 0.497 e. The first kappa shape index (κ1) is 24.2. The predicted molar refractivity (Wildman–Crippen MR) is 136 cm³/mol. The number of fused-ring (bicyclic) bond motifs is 1. The van der Waals surface area contributed by atoms with Crippen molar-refractivity contribution >= 4 is 38.5 Å². The molecule has 1 amide bonds. The van der Waals surface area contributed by atoms with Crippen molar-refractivity contribution in [2.75, 3.05) is 33.3 Å². The lowest BCUT2D eigenvalue weighted by molar-refractivity contribution is -0.118. The van der Waals surface area contributed by atoms with E-state index >= 15 is 0 Å². The van der Waals surface area contributed by atoms with E-state index in [1.165, 1.54) is 14.2 Å². The fourth-order valence-electron chi connectivity index (χ4n) is 3.50. The van der Waals surface area contributed by atoms with E-state index in [9.17, 15) is 9.59 Å². The molecule has 0 atom stereocenters. The minimum atomic E-state index is -0.442. The van der Waals surface area contributed by atoms with Gasteiger partial charge < -0.3 is 28.7 Å². The molecule has 0 aliphatic rings. The molecule has 0 unspecified atom stereocenters. The third-order valence-electron chi connectivity index (χ3n) is 5.17. The summed E-state index contributed by atoms with van der Waals surface area (Å²) in [7, 11) is 4.59. The second kappa shape index (κ2) is 10.5. The average Bonchev–Trinajstić information content (AvgIpc) is 2.88. The summed E-state index contributed by atoms with van der Waals surface area (Å²) in [5.41, 5.74) is 1.05. The minimum absolute atomic E-state index is 0.0901. The third-order valence-corrected chi connectivity index (χ3v) is 5.76. The van der Waals surface area contributed by atoms with Crippen LogP contribution in [0.5, 0.6) is 23.0 Å². The Morgan fingerprint density at radius 2 is 1.69 bits per heavy atom. The number of para-hydroxylation sites is 1. The number of carbonyl (C=O) groups excluding carboxylic acids is 1. The Morgan fingerprint density at radius 1 is 0.943 bits per heavy atom. The molecule has 4 rings (SSSR count). The van der Waals surface area contributed by atoms with Gasteiger partial charge in [0.25, 0.3) is 5.91 Å². The van der Waals surface area contributed by atoms with Gasteiger partial charge in [-0.3, -0.25) is 9.59 Å². The van der Waals surface area contributed by atoms with Crippen molar-refractivity contribution in [2.24, 2.45) is 0 Å². The van der Waals surface area contributed by atoms with Crippen LogP contribution in [0, 0.1) is 0 Å². The molecule has 0 radical (unpaired) electrons. The molecule has 0 spiro atoms. The molecule has 0 saturated heterocycles. The summed E-state index contributed by atoms with van der Waals surface area (Å²) in [5, 5.41) is 3.06. The van der Waals surface area contributed by atoms with Gasteiger partial charge in [-0.2, -0.15) is 0 Å². The van der Waals surface area contributed by atoms with Crippen LogP contribution in [0.4, 0.5) is 5.69 Å². The van der Waals surface area contributed by atoms with Crippen LogP contribution in [-0.4, -0.2) is 33.8 Å². The molecule has 0 saturated carbocycles. The smallest absolute Gasteiger partial charge is 0.262 e. The second-order valence-corrected chi connectivity index (χ2v) is 8.20. The molecule has 1 aromatic heterocycles. The summed E-state index contributed by atoms with van der Waals surface area (Å²) in [4.78, 5) is 25.9. The van der Waals surface area contributed by atoms with E-state index in [0.717, 1.165) is 0 Å². The van der Waals surface area contributed by atoms with Crippen molar-refractivity contribution in [2.45, 2.75) is 0 Å². The molecule has 180 valence electrons. The predicted octanol–water partition coefficient (Wildman–Crippen LogP) is 5.27. The molecule has 0 fully saturated rings. The quantitative estimate of drug-likeness (QED) is 0.326. The van der Waals surface area contributed by atoms with Crippen molar-refractivity contribution in [3.8, 4) is 34.3 Å². The Balaban J connectivity index is 1.71. The van der Waals surface area contributed by atoms with Gasteiger partial charge in [0, 0.05) is 11.3 Å². The first-order valence-electron chi connectivity index (χ1n) is 10.5. The van der Waals surface area contributed by atoms with E-state index in [0.29, 0.717) is 43.9 Å². The number of rotatable bonds is 8. The summed E-state index contributed by atoms with van der Waals surface area (Å²) in [6.45, 7) is -0.406. The highest BCUT2D eigenvalue weighted by Crippen LogP contribution is 2.41. The number of ether oxygens (including phenoxy) is 4. The monoisotopic (exact) mass is 539 g/mol. The lowest BCUT2D eigenvalue weighted by Gasteiger charge is -2.15. The number of benzene rings is 3.